The van der Waals surface area contributed by atoms with Crippen molar-refractivity contribution in [2.75, 3.05) is 0 Å². The molecule has 10 rings (SSSR count). The van der Waals surface area contributed by atoms with Crippen LogP contribution < -0.4 is 10.6 Å². The van der Waals surface area contributed by atoms with Gasteiger partial charge in [-0.15, -0.1) is 0 Å². The van der Waals surface area contributed by atoms with Crippen molar-refractivity contribution >= 4 is 44.4 Å². The highest BCUT2D eigenvalue weighted by Crippen LogP contribution is 2.43. The number of benzene rings is 6. The minimum Gasteiger partial charge on any atom is -0.309 e. The van der Waals surface area contributed by atoms with Gasteiger partial charge in [-0.1, -0.05) is 115 Å². The summed E-state index contributed by atoms with van der Waals surface area (Å²) in [5.41, 5.74) is 8.14. The first-order valence-electron chi connectivity index (χ1n) is 19.0. The molecule has 7 heteroatoms. The van der Waals surface area contributed by atoms with Crippen LogP contribution in [0.25, 0.3) is 78.0 Å². The predicted octanol–water partition coefficient (Wildman–Crippen LogP) is 11.4. The van der Waals surface area contributed by atoms with Gasteiger partial charge in [0.05, 0.1) is 62.1 Å². The number of hydrogen-bond acceptors (Lipinski definition) is 2. The number of fused-ring (bicyclic) bond motifs is 6. The van der Waals surface area contributed by atoms with Crippen molar-refractivity contribution in [3.05, 3.63) is 191 Å². The van der Waals surface area contributed by atoms with Gasteiger partial charge in [-0.3, -0.25) is 0 Å². The molecule has 0 fully saturated rings. The maximum Gasteiger partial charge on any atom is 0.416 e. The van der Waals surface area contributed by atoms with Gasteiger partial charge in [0.1, 0.15) is 0 Å². The van der Waals surface area contributed by atoms with Gasteiger partial charge in [0.15, 0.2) is 0 Å². The highest BCUT2D eigenvalue weighted by Gasteiger charge is 2.32. The molecule has 8 aromatic rings. The Labute approximate surface area is 331 Å². The lowest BCUT2D eigenvalue weighted by atomic mass is 9.93. The zero-order valence-electron chi connectivity index (χ0n) is 30.9. The van der Waals surface area contributed by atoms with E-state index in [1.54, 1.807) is 12.1 Å². The van der Waals surface area contributed by atoms with Crippen molar-refractivity contribution in [3.8, 4) is 45.8 Å². The van der Waals surface area contributed by atoms with Crippen molar-refractivity contribution in [1.82, 2.24) is 9.13 Å². The fraction of sp³-hybridized carbons (Fsp3) is 0.0588. The number of nitriles is 2. The van der Waals surface area contributed by atoms with Crippen LogP contribution in [0.15, 0.2) is 158 Å². The SMILES string of the molecule is N#Cc1cc(-n2c3c(c4ccc(=C5C=CC=CC5)cc42)CC=CC=3)c(-c2ccc(C(F)(F)F)cc2C#N)c(-n2c3ccccc3c3ccc(-c4ccccc4)cc32)c1. The monoisotopic (exact) mass is 756 g/mol. The number of para-hydroxylation sites is 1. The molecule has 0 spiro atoms. The summed E-state index contributed by atoms with van der Waals surface area (Å²) in [6.45, 7) is 0. The minimum atomic E-state index is -4.66. The van der Waals surface area contributed by atoms with Crippen LogP contribution in [0.5, 0.6) is 0 Å². The zero-order valence-corrected chi connectivity index (χ0v) is 30.9. The second-order valence-electron chi connectivity index (χ2n) is 14.6. The van der Waals surface area contributed by atoms with Crippen molar-refractivity contribution in [2.45, 2.75) is 19.0 Å². The Morgan fingerprint density at radius 1 is 0.586 bits per heavy atom. The van der Waals surface area contributed by atoms with Crippen molar-refractivity contribution in [1.29, 1.82) is 10.5 Å². The summed E-state index contributed by atoms with van der Waals surface area (Å²) in [7, 11) is 0. The molecule has 0 atom stereocenters. The van der Waals surface area contributed by atoms with E-state index in [0.29, 0.717) is 34.5 Å². The largest absolute Gasteiger partial charge is 0.416 e. The van der Waals surface area contributed by atoms with Crippen molar-refractivity contribution in [3.63, 3.8) is 0 Å². The topological polar surface area (TPSA) is 57.4 Å². The third-order valence-corrected chi connectivity index (χ3v) is 11.3. The Kier molecular flexibility index (Phi) is 8.14. The number of hydrogen-bond donors (Lipinski definition) is 0. The van der Waals surface area contributed by atoms with Gasteiger partial charge in [-0.05, 0) is 88.9 Å². The van der Waals surface area contributed by atoms with E-state index in [2.05, 4.69) is 82.0 Å². The summed E-state index contributed by atoms with van der Waals surface area (Å²) >= 11 is 0. The van der Waals surface area contributed by atoms with Crippen LogP contribution in [-0.2, 0) is 12.6 Å². The molecule has 0 aliphatic heterocycles. The molecule has 0 N–H and O–H groups in total. The van der Waals surface area contributed by atoms with Crippen LogP contribution in [0.3, 0.4) is 0 Å². The highest BCUT2D eigenvalue weighted by molar-refractivity contribution is 6.11. The van der Waals surface area contributed by atoms with Gasteiger partial charge in [0.2, 0.25) is 0 Å². The van der Waals surface area contributed by atoms with Gasteiger partial charge < -0.3 is 9.13 Å². The van der Waals surface area contributed by atoms with Crippen LogP contribution in [0.1, 0.15) is 28.7 Å². The van der Waals surface area contributed by atoms with Crippen LogP contribution in [0.4, 0.5) is 13.2 Å². The normalized spacial score (nSPS) is 14.4. The highest BCUT2D eigenvalue weighted by atomic mass is 19.4. The number of aromatic nitrogens is 2. The molecule has 2 aromatic heterocycles. The standard InChI is InChI=1S/C51H31F3N4/c52-51(53,54)38-21-24-39(37(27-38)31-56)50-48(57-44-17-9-7-15-40(44)42-22-19-35(28-46(42)57)33-11-3-1-4-12-33)25-32(30-55)26-49(50)58-45-18-10-8-16-41(45)43-23-20-36(29-47(43)58)34-13-5-2-6-14-34/h1-13,15,17-29H,14,16H2. The molecule has 0 amide bonds. The molecule has 0 saturated carbocycles. The Bertz CT molecular complexity index is 3340. The average molecular weight is 757 g/mol. The van der Waals surface area contributed by atoms with Crippen LogP contribution >= 0.6 is 0 Å². The Morgan fingerprint density at radius 3 is 2.10 bits per heavy atom. The van der Waals surface area contributed by atoms with E-state index >= 15 is 0 Å². The van der Waals surface area contributed by atoms with Crippen molar-refractivity contribution in [2.24, 2.45) is 0 Å². The lowest BCUT2D eigenvalue weighted by Gasteiger charge is -2.22. The Morgan fingerprint density at radius 2 is 1.33 bits per heavy atom. The van der Waals surface area contributed by atoms with Crippen LogP contribution in [-0.4, -0.2) is 9.13 Å². The van der Waals surface area contributed by atoms with E-state index in [-0.39, 0.29) is 5.56 Å². The van der Waals surface area contributed by atoms with Gasteiger partial charge in [-0.25, -0.2) is 0 Å². The lowest BCUT2D eigenvalue weighted by molar-refractivity contribution is -0.137. The number of nitrogens with zero attached hydrogens (tertiary/aromatic N) is 4. The van der Waals surface area contributed by atoms with Gasteiger partial charge in [0.25, 0.3) is 0 Å². The number of allylic oxidation sites excluding steroid dienone is 6. The van der Waals surface area contributed by atoms with E-state index in [0.717, 1.165) is 84.1 Å². The molecule has 0 unspecified atom stereocenters. The lowest BCUT2D eigenvalue weighted by Crippen LogP contribution is -2.20. The summed E-state index contributed by atoms with van der Waals surface area (Å²) in [6, 6.07) is 42.3. The molecular weight excluding hydrogens is 726 g/mol. The maximum atomic E-state index is 14.2. The first-order valence-corrected chi connectivity index (χ1v) is 19.0. The second-order valence-corrected chi connectivity index (χ2v) is 14.6. The number of alkyl halides is 3. The van der Waals surface area contributed by atoms with Gasteiger partial charge in [0, 0.05) is 27.3 Å². The molecule has 2 heterocycles. The summed E-state index contributed by atoms with van der Waals surface area (Å²) < 4.78 is 47.0. The van der Waals surface area contributed by atoms with E-state index in [4.69, 9.17) is 0 Å². The molecular formula is C51H31F3N4. The van der Waals surface area contributed by atoms with Crippen LogP contribution in [0.2, 0.25) is 0 Å². The summed E-state index contributed by atoms with van der Waals surface area (Å²) in [6.07, 6.45) is 11.2. The third-order valence-electron chi connectivity index (χ3n) is 11.3. The average Bonchev–Trinajstić information content (AvgIpc) is 3.78. The minimum absolute atomic E-state index is 0.127. The molecule has 58 heavy (non-hydrogen) atoms. The molecule has 0 radical (unpaired) electrons. The predicted molar refractivity (Wildman–Crippen MR) is 226 cm³/mol. The fourth-order valence-electron chi connectivity index (χ4n) is 8.67. The first kappa shape index (κ1) is 34.8. The fourth-order valence-corrected chi connectivity index (χ4v) is 8.67. The third kappa shape index (κ3) is 5.59. The smallest absolute Gasteiger partial charge is 0.309 e. The molecule has 2 aliphatic rings. The van der Waals surface area contributed by atoms with E-state index < -0.39 is 11.7 Å². The summed E-state index contributed by atoms with van der Waals surface area (Å²) in [5, 5.41) is 26.3. The second kappa shape index (κ2) is 13.5. The quantitative estimate of drug-likeness (QED) is 0.180. The molecule has 2 aliphatic carbocycles. The van der Waals surface area contributed by atoms with Gasteiger partial charge >= 0.3 is 6.18 Å². The Hall–Kier alpha value is -7.61. The van der Waals surface area contributed by atoms with Gasteiger partial charge in [-0.2, -0.15) is 23.7 Å². The van der Waals surface area contributed by atoms with Crippen molar-refractivity contribution < 1.29 is 13.2 Å². The Balaban J connectivity index is 1.40. The van der Waals surface area contributed by atoms with E-state index in [1.807, 2.05) is 72.8 Å². The molecule has 6 aromatic carbocycles. The molecule has 4 nitrogen and oxygen atoms in total. The maximum absolute atomic E-state index is 14.2. The molecule has 0 saturated heterocycles. The molecule has 0 bridgehead atoms. The van der Waals surface area contributed by atoms with E-state index in [9.17, 15) is 23.7 Å². The first-order chi connectivity index (χ1) is 28.3. The number of rotatable bonds is 4. The summed E-state index contributed by atoms with van der Waals surface area (Å²) in [4.78, 5) is 0. The van der Waals surface area contributed by atoms with Crippen LogP contribution in [0, 0.1) is 22.7 Å². The summed E-state index contributed by atoms with van der Waals surface area (Å²) in [5.74, 6) is 0. The van der Waals surface area contributed by atoms with E-state index in [1.165, 1.54) is 6.07 Å². The number of halogens is 3. The zero-order chi connectivity index (χ0) is 39.5. The molecule has 276 valence electrons.